The van der Waals surface area contributed by atoms with Crippen LogP contribution in [0.3, 0.4) is 0 Å². The molecule has 0 radical (unpaired) electrons. The van der Waals surface area contributed by atoms with Crippen LogP contribution >= 0.6 is 23.4 Å². The summed E-state index contributed by atoms with van der Waals surface area (Å²) in [6.45, 7) is 0. The number of methoxy groups -OCH3 is 1. The summed E-state index contributed by atoms with van der Waals surface area (Å²) in [6.07, 6.45) is 0. The highest BCUT2D eigenvalue weighted by atomic mass is 35.5. The number of aliphatic carboxylic acids is 1. The number of benzene rings is 1. The first-order valence-corrected chi connectivity index (χ1v) is 6.24. The molecule has 1 aromatic carbocycles. The molecule has 86 valence electrons. The molecule has 1 N–H and O–H groups in total. The second-order valence-corrected chi connectivity index (χ2v) is 5.17. The Morgan fingerprint density at radius 2 is 2.38 bits per heavy atom. The smallest absolute Gasteiger partial charge is 0.308 e. The van der Waals surface area contributed by atoms with Crippen molar-refractivity contribution in [2.45, 2.75) is 5.25 Å². The van der Waals surface area contributed by atoms with Gasteiger partial charge in [-0.25, -0.2) is 0 Å². The van der Waals surface area contributed by atoms with Gasteiger partial charge in [-0.15, -0.1) is 0 Å². The number of thioether (sulfide) groups is 1. The molecule has 1 aliphatic rings. The molecule has 16 heavy (non-hydrogen) atoms. The highest BCUT2D eigenvalue weighted by molar-refractivity contribution is 8.01. The fourth-order valence-electron chi connectivity index (χ4n) is 1.68. The summed E-state index contributed by atoms with van der Waals surface area (Å²) in [5, 5.41) is 9.50. The molecule has 0 saturated carbocycles. The van der Waals surface area contributed by atoms with E-state index in [1.165, 1.54) is 0 Å². The highest BCUT2D eigenvalue weighted by Gasteiger charge is 2.38. The van der Waals surface area contributed by atoms with Crippen LogP contribution in [0.2, 0.25) is 5.02 Å². The maximum Gasteiger partial charge on any atom is 0.308 e. The Morgan fingerprint density at radius 3 is 2.81 bits per heavy atom. The number of hydrogen-bond donors (Lipinski definition) is 1. The van der Waals surface area contributed by atoms with Gasteiger partial charge in [0.15, 0.2) is 0 Å². The molecule has 2 rings (SSSR count). The van der Waals surface area contributed by atoms with Gasteiger partial charge in [0.1, 0.15) is 5.75 Å². The summed E-state index contributed by atoms with van der Waals surface area (Å²) in [7, 11) is 1.55. The van der Waals surface area contributed by atoms with E-state index in [0.29, 0.717) is 16.5 Å². The molecular weight excluding hydrogens is 248 g/mol. The number of carbonyl (C=O) groups is 1. The maximum absolute atomic E-state index is 10.9. The molecule has 1 aromatic rings. The highest BCUT2D eigenvalue weighted by Crippen LogP contribution is 2.48. The molecule has 0 aliphatic carbocycles. The van der Waals surface area contributed by atoms with Crippen LogP contribution in [0.25, 0.3) is 0 Å². The van der Waals surface area contributed by atoms with Gasteiger partial charge < -0.3 is 9.84 Å². The van der Waals surface area contributed by atoms with Crippen molar-refractivity contribution in [2.24, 2.45) is 5.92 Å². The van der Waals surface area contributed by atoms with E-state index in [-0.39, 0.29) is 11.2 Å². The van der Waals surface area contributed by atoms with Gasteiger partial charge in [0, 0.05) is 11.0 Å². The van der Waals surface area contributed by atoms with Gasteiger partial charge in [0.2, 0.25) is 0 Å². The van der Waals surface area contributed by atoms with Crippen molar-refractivity contribution >= 4 is 29.3 Å². The lowest BCUT2D eigenvalue weighted by Gasteiger charge is -2.33. The zero-order chi connectivity index (χ0) is 11.7. The van der Waals surface area contributed by atoms with Crippen molar-refractivity contribution < 1.29 is 14.6 Å². The minimum atomic E-state index is -0.740. The molecule has 1 saturated heterocycles. The van der Waals surface area contributed by atoms with Crippen molar-refractivity contribution in [1.29, 1.82) is 0 Å². The van der Waals surface area contributed by atoms with Crippen molar-refractivity contribution in [1.82, 2.24) is 0 Å². The molecular formula is C11H11ClO3S. The zero-order valence-electron chi connectivity index (χ0n) is 8.64. The van der Waals surface area contributed by atoms with Crippen LogP contribution in [0.5, 0.6) is 5.75 Å². The lowest BCUT2D eigenvalue weighted by molar-refractivity contribution is -0.141. The Balaban J connectivity index is 2.22. The molecule has 0 spiro atoms. The monoisotopic (exact) mass is 258 g/mol. The van der Waals surface area contributed by atoms with Gasteiger partial charge in [-0.3, -0.25) is 4.79 Å². The topological polar surface area (TPSA) is 46.5 Å². The number of hydrogen-bond acceptors (Lipinski definition) is 3. The van der Waals surface area contributed by atoms with E-state index in [1.54, 1.807) is 31.0 Å². The van der Waals surface area contributed by atoms with Crippen LogP contribution in [0.15, 0.2) is 18.2 Å². The van der Waals surface area contributed by atoms with Crippen LogP contribution in [-0.4, -0.2) is 23.9 Å². The third-order valence-electron chi connectivity index (χ3n) is 2.64. The van der Waals surface area contributed by atoms with Crippen molar-refractivity contribution in [3.63, 3.8) is 0 Å². The first-order valence-electron chi connectivity index (χ1n) is 4.81. The van der Waals surface area contributed by atoms with Gasteiger partial charge in [0.25, 0.3) is 0 Å². The van der Waals surface area contributed by atoms with Gasteiger partial charge in [0.05, 0.1) is 18.1 Å². The average Bonchev–Trinajstić information content (AvgIpc) is 2.15. The predicted octanol–water partition coefficient (Wildman–Crippen LogP) is 2.84. The third kappa shape index (κ3) is 1.99. The van der Waals surface area contributed by atoms with Crippen molar-refractivity contribution in [3.05, 3.63) is 28.8 Å². The number of carboxylic acids is 1. The fourth-order valence-corrected chi connectivity index (χ4v) is 3.12. The van der Waals surface area contributed by atoms with Crippen LogP contribution in [0.1, 0.15) is 10.8 Å². The molecule has 0 amide bonds. The first kappa shape index (κ1) is 11.6. The molecule has 1 aliphatic heterocycles. The Kier molecular flexibility index (Phi) is 3.30. The third-order valence-corrected chi connectivity index (χ3v) is 4.45. The van der Waals surface area contributed by atoms with Gasteiger partial charge in [-0.05, 0) is 17.7 Å². The maximum atomic E-state index is 10.9. The number of carboxylic acid groups (broad SMARTS) is 1. The SMILES string of the molecule is COc1ccc(C2SCC2C(=O)O)cc1Cl. The standard InChI is InChI=1S/C11H11ClO3S/c1-15-9-3-2-6(4-8(9)12)10-7(5-16-10)11(13)14/h2-4,7,10H,5H2,1H3,(H,13,14). The molecule has 2 atom stereocenters. The fraction of sp³-hybridized carbons (Fsp3) is 0.364. The summed E-state index contributed by atoms with van der Waals surface area (Å²) in [4.78, 5) is 10.9. The van der Waals surface area contributed by atoms with Crippen molar-refractivity contribution in [2.75, 3.05) is 12.9 Å². The first-order chi connectivity index (χ1) is 7.63. The van der Waals surface area contributed by atoms with Gasteiger partial charge >= 0.3 is 5.97 Å². The number of rotatable bonds is 3. The quantitative estimate of drug-likeness (QED) is 0.906. The molecule has 3 nitrogen and oxygen atoms in total. The molecule has 2 unspecified atom stereocenters. The van der Waals surface area contributed by atoms with E-state index in [1.807, 2.05) is 6.07 Å². The minimum absolute atomic E-state index is 0.0147. The minimum Gasteiger partial charge on any atom is -0.495 e. The summed E-state index contributed by atoms with van der Waals surface area (Å²) in [6, 6.07) is 5.43. The van der Waals surface area contributed by atoms with Crippen molar-refractivity contribution in [3.8, 4) is 5.75 Å². The number of halogens is 1. The molecule has 1 heterocycles. The van der Waals surface area contributed by atoms with Crippen LogP contribution < -0.4 is 4.74 Å². The van der Waals surface area contributed by atoms with Crippen LogP contribution in [0.4, 0.5) is 0 Å². The largest absolute Gasteiger partial charge is 0.495 e. The summed E-state index contributed by atoms with van der Waals surface area (Å²) >= 11 is 7.64. The zero-order valence-corrected chi connectivity index (χ0v) is 10.2. The van der Waals surface area contributed by atoms with Crippen LogP contribution in [-0.2, 0) is 4.79 Å². The van der Waals surface area contributed by atoms with E-state index >= 15 is 0 Å². The Labute approximate surface area is 103 Å². The van der Waals surface area contributed by atoms with E-state index in [0.717, 1.165) is 5.56 Å². The number of ether oxygens (including phenoxy) is 1. The lowest BCUT2D eigenvalue weighted by atomic mass is 9.99. The molecule has 1 fully saturated rings. The predicted molar refractivity (Wildman–Crippen MR) is 64.3 cm³/mol. The second kappa shape index (κ2) is 4.55. The molecule has 0 bridgehead atoms. The average molecular weight is 259 g/mol. The lowest BCUT2D eigenvalue weighted by Crippen LogP contribution is -2.30. The van der Waals surface area contributed by atoms with E-state index in [9.17, 15) is 4.79 Å². The van der Waals surface area contributed by atoms with E-state index in [4.69, 9.17) is 21.4 Å². The molecule has 0 aromatic heterocycles. The van der Waals surface area contributed by atoms with Gasteiger partial charge in [-0.2, -0.15) is 11.8 Å². The van der Waals surface area contributed by atoms with E-state index < -0.39 is 5.97 Å². The Bertz CT molecular complexity index is 422. The van der Waals surface area contributed by atoms with E-state index in [2.05, 4.69) is 0 Å². The second-order valence-electron chi connectivity index (χ2n) is 3.59. The summed E-state index contributed by atoms with van der Waals surface area (Å²) in [5.74, 6) is 0.246. The summed E-state index contributed by atoms with van der Waals surface area (Å²) in [5.41, 5.74) is 0.953. The molecule has 5 heteroatoms. The normalized spacial score (nSPS) is 23.6. The summed E-state index contributed by atoms with van der Waals surface area (Å²) < 4.78 is 5.05. The Hall–Kier alpha value is -0.870. The Morgan fingerprint density at radius 1 is 1.62 bits per heavy atom. The van der Waals surface area contributed by atoms with Gasteiger partial charge in [-0.1, -0.05) is 17.7 Å². The van der Waals surface area contributed by atoms with Crippen LogP contribution in [0, 0.1) is 5.92 Å².